The van der Waals surface area contributed by atoms with Crippen molar-refractivity contribution in [3.05, 3.63) is 29.1 Å². The number of aromatic nitrogens is 1. The molecule has 2 aromatic rings. The highest BCUT2D eigenvalue weighted by molar-refractivity contribution is 6.31. The van der Waals surface area contributed by atoms with E-state index in [1.54, 1.807) is 0 Å². The Bertz CT molecular complexity index is 813. The highest BCUT2D eigenvalue weighted by Crippen LogP contribution is 2.61. The minimum absolute atomic E-state index is 0.164. The zero-order valence-corrected chi connectivity index (χ0v) is 14.8. The van der Waals surface area contributed by atoms with Crippen molar-refractivity contribution < 1.29 is 9.21 Å². The lowest BCUT2D eigenvalue weighted by atomic mass is 9.50. The van der Waals surface area contributed by atoms with Gasteiger partial charge in [-0.15, -0.1) is 0 Å². The van der Waals surface area contributed by atoms with Gasteiger partial charge < -0.3 is 15.1 Å². The molecule has 0 bridgehead atoms. The summed E-state index contributed by atoms with van der Waals surface area (Å²) >= 11 is 6.02. The number of hydrogen-bond acceptors (Lipinski definition) is 4. The third-order valence-electron chi connectivity index (χ3n) is 6.21. The van der Waals surface area contributed by atoms with Crippen molar-refractivity contribution in [3.8, 4) is 0 Å². The van der Waals surface area contributed by atoms with Crippen LogP contribution < -0.4 is 10.6 Å². The Morgan fingerprint density at radius 1 is 1.32 bits per heavy atom. The van der Waals surface area contributed by atoms with Gasteiger partial charge in [0.2, 0.25) is 5.91 Å². The second-order valence-corrected chi connectivity index (χ2v) is 8.51. The Balaban J connectivity index is 1.16. The first-order valence-electron chi connectivity index (χ1n) is 9.17. The van der Waals surface area contributed by atoms with Gasteiger partial charge in [-0.3, -0.25) is 4.79 Å². The number of nitrogens with zero attached hydrogens (tertiary/aromatic N) is 1. The number of carbonyl (C=O) groups excluding carboxylic acids is 1. The minimum Gasteiger partial charge on any atom is -0.440 e. The molecule has 5 nitrogen and oxygen atoms in total. The molecule has 1 aromatic heterocycles. The van der Waals surface area contributed by atoms with Gasteiger partial charge in [-0.1, -0.05) is 11.6 Å². The molecule has 3 aliphatic rings. The summed E-state index contributed by atoms with van der Waals surface area (Å²) in [5.74, 6) is 1.64. The number of halogens is 1. The smallest absolute Gasteiger partial charge is 0.224 e. The van der Waals surface area contributed by atoms with Gasteiger partial charge in [0, 0.05) is 23.5 Å². The Labute approximate surface area is 151 Å². The van der Waals surface area contributed by atoms with E-state index in [0.29, 0.717) is 22.4 Å². The van der Waals surface area contributed by atoms with Crippen LogP contribution in [0.5, 0.6) is 0 Å². The lowest BCUT2D eigenvalue weighted by molar-refractivity contribution is -0.128. The fourth-order valence-corrected chi connectivity index (χ4v) is 5.04. The van der Waals surface area contributed by atoms with Crippen LogP contribution in [0.2, 0.25) is 5.02 Å². The number of benzene rings is 1. The third kappa shape index (κ3) is 2.74. The zero-order chi connectivity index (χ0) is 17.0. The van der Waals surface area contributed by atoms with Crippen molar-refractivity contribution in [1.29, 1.82) is 0 Å². The third-order valence-corrected chi connectivity index (χ3v) is 6.45. The molecule has 1 unspecified atom stereocenters. The summed E-state index contributed by atoms with van der Waals surface area (Å²) in [7, 11) is 0. The maximum absolute atomic E-state index is 12.2. The second-order valence-electron chi connectivity index (χ2n) is 8.07. The topological polar surface area (TPSA) is 67.2 Å². The highest BCUT2D eigenvalue weighted by Gasteiger charge is 2.54. The molecule has 6 heteroatoms. The fourth-order valence-electron chi connectivity index (χ4n) is 4.87. The molecule has 2 heterocycles. The molecule has 2 aliphatic carbocycles. The number of amides is 1. The van der Waals surface area contributed by atoms with Crippen LogP contribution in [-0.4, -0.2) is 30.0 Å². The molecule has 1 amide bonds. The molecule has 2 saturated carbocycles. The average molecular weight is 360 g/mol. The van der Waals surface area contributed by atoms with E-state index in [9.17, 15) is 4.79 Å². The average Bonchev–Trinajstić information content (AvgIpc) is 3.16. The number of rotatable bonds is 3. The van der Waals surface area contributed by atoms with Crippen LogP contribution in [0.1, 0.15) is 43.9 Å². The van der Waals surface area contributed by atoms with Gasteiger partial charge in [0.25, 0.3) is 0 Å². The SMILES string of the molecule is O=C(NC1CC2(C1)CC(c1nc3cc(Cl)ccc3o1)C2)C1CCNC1. The maximum atomic E-state index is 12.2. The van der Waals surface area contributed by atoms with E-state index in [2.05, 4.69) is 15.6 Å². The monoisotopic (exact) mass is 359 g/mol. The Morgan fingerprint density at radius 2 is 2.16 bits per heavy atom. The predicted octanol–water partition coefficient (Wildman–Crippen LogP) is 3.23. The first-order valence-corrected chi connectivity index (χ1v) is 9.55. The highest BCUT2D eigenvalue weighted by atomic mass is 35.5. The molecule has 3 fully saturated rings. The summed E-state index contributed by atoms with van der Waals surface area (Å²) in [6.45, 7) is 1.79. The molecular formula is C19H22ClN3O2. The molecular weight excluding hydrogens is 338 g/mol. The van der Waals surface area contributed by atoms with Gasteiger partial charge >= 0.3 is 0 Å². The molecule has 1 atom stereocenters. The number of hydrogen-bond donors (Lipinski definition) is 2. The first kappa shape index (κ1) is 15.6. The predicted molar refractivity (Wildman–Crippen MR) is 95.6 cm³/mol. The van der Waals surface area contributed by atoms with Crippen LogP contribution in [0.15, 0.2) is 22.6 Å². The van der Waals surface area contributed by atoms with Crippen LogP contribution in [0.25, 0.3) is 11.1 Å². The van der Waals surface area contributed by atoms with Gasteiger partial charge in [0.15, 0.2) is 11.5 Å². The summed E-state index contributed by atoms with van der Waals surface area (Å²) < 4.78 is 5.90. The maximum Gasteiger partial charge on any atom is 0.224 e. The lowest BCUT2D eigenvalue weighted by Gasteiger charge is -2.57. The molecule has 1 aliphatic heterocycles. The Kier molecular flexibility index (Phi) is 3.57. The summed E-state index contributed by atoms with van der Waals surface area (Å²) in [4.78, 5) is 16.8. The second kappa shape index (κ2) is 5.71. The van der Waals surface area contributed by atoms with E-state index in [-0.39, 0.29) is 11.8 Å². The van der Waals surface area contributed by atoms with Crippen LogP contribution in [-0.2, 0) is 4.79 Å². The van der Waals surface area contributed by atoms with Crippen molar-refractivity contribution in [2.75, 3.05) is 13.1 Å². The minimum atomic E-state index is 0.164. The number of fused-ring (bicyclic) bond motifs is 1. The van der Waals surface area contributed by atoms with Crippen molar-refractivity contribution in [3.63, 3.8) is 0 Å². The standard InChI is InChI=1S/C19H22ClN3O2/c20-13-1-2-16-15(5-13)23-18(25-16)12-6-19(7-12)8-14(9-19)22-17(24)11-3-4-21-10-11/h1-2,5,11-12,14,21H,3-4,6-10H2,(H,22,24). The van der Waals surface area contributed by atoms with Gasteiger partial charge in [-0.25, -0.2) is 4.98 Å². The molecule has 2 N–H and O–H groups in total. The number of oxazole rings is 1. The molecule has 1 aromatic carbocycles. The normalized spacial score (nSPS) is 34.0. The van der Waals surface area contributed by atoms with Gasteiger partial charge in [-0.05, 0) is 62.3 Å². The van der Waals surface area contributed by atoms with Crippen molar-refractivity contribution in [2.45, 2.75) is 44.1 Å². The summed E-state index contributed by atoms with van der Waals surface area (Å²) in [6.07, 6.45) is 5.40. The Hall–Kier alpha value is -1.59. The van der Waals surface area contributed by atoms with Crippen LogP contribution >= 0.6 is 11.6 Å². The number of carbonyl (C=O) groups is 1. The van der Waals surface area contributed by atoms with Gasteiger partial charge in [0.1, 0.15) is 5.52 Å². The van der Waals surface area contributed by atoms with Crippen molar-refractivity contribution in [2.24, 2.45) is 11.3 Å². The van der Waals surface area contributed by atoms with Crippen molar-refractivity contribution in [1.82, 2.24) is 15.6 Å². The lowest BCUT2D eigenvalue weighted by Crippen LogP contribution is -2.56. The Morgan fingerprint density at radius 3 is 2.92 bits per heavy atom. The fraction of sp³-hybridized carbons (Fsp3) is 0.579. The molecule has 25 heavy (non-hydrogen) atoms. The summed E-state index contributed by atoms with van der Waals surface area (Å²) in [5.41, 5.74) is 2.05. The van der Waals surface area contributed by atoms with E-state index in [4.69, 9.17) is 16.0 Å². The first-order chi connectivity index (χ1) is 12.1. The van der Waals surface area contributed by atoms with Gasteiger partial charge in [0.05, 0.1) is 5.92 Å². The van der Waals surface area contributed by atoms with Crippen molar-refractivity contribution >= 4 is 28.6 Å². The number of nitrogens with one attached hydrogen (secondary N) is 2. The van der Waals surface area contributed by atoms with E-state index in [0.717, 1.165) is 62.2 Å². The molecule has 1 spiro atoms. The zero-order valence-electron chi connectivity index (χ0n) is 14.1. The molecule has 132 valence electrons. The van der Waals surface area contributed by atoms with Crippen LogP contribution in [0.3, 0.4) is 0 Å². The molecule has 5 rings (SSSR count). The van der Waals surface area contributed by atoms with E-state index in [1.165, 1.54) is 0 Å². The van der Waals surface area contributed by atoms with Gasteiger partial charge in [-0.2, -0.15) is 0 Å². The van der Waals surface area contributed by atoms with E-state index < -0.39 is 0 Å². The molecule has 0 radical (unpaired) electrons. The largest absolute Gasteiger partial charge is 0.440 e. The van der Waals surface area contributed by atoms with Crippen LogP contribution in [0.4, 0.5) is 0 Å². The quantitative estimate of drug-likeness (QED) is 0.882. The summed E-state index contributed by atoms with van der Waals surface area (Å²) in [6, 6.07) is 5.93. The van der Waals surface area contributed by atoms with Crippen LogP contribution in [0, 0.1) is 11.3 Å². The molecule has 1 saturated heterocycles. The summed E-state index contributed by atoms with van der Waals surface area (Å²) in [5, 5.41) is 7.17. The van der Waals surface area contributed by atoms with E-state index >= 15 is 0 Å². The van der Waals surface area contributed by atoms with E-state index in [1.807, 2.05) is 18.2 Å².